The molecule has 0 aromatic carbocycles. The van der Waals surface area contributed by atoms with Gasteiger partial charge in [-0.1, -0.05) is 5.16 Å². The average molecular weight is 195 g/mol. The molecule has 0 amide bonds. The lowest BCUT2D eigenvalue weighted by atomic mass is 10.2. The van der Waals surface area contributed by atoms with E-state index in [4.69, 9.17) is 15.7 Å². The predicted molar refractivity (Wildman–Crippen MR) is 52.3 cm³/mol. The zero-order chi connectivity index (χ0) is 10.4. The summed E-state index contributed by atoms with van der Waals surface area (Å²) in [5.74, 6) is 0.0890. The summed E-state index contributed by atoms with van der Waals surface area (Å²) in [6, 6.07) is 3.46. The highest BCUT2D eigenvalue weighted by Crippen LogP contribution is 2.02. The van der Waals surface area contributed by atoms with Crippen molar-refractivity contribution in [2.75, 3.05) is 13.7 Å². The lowest BCUT2D eigenvalue weighted by molar-refractivity contribution is 0.201. The predicted octanol–water partition coefficient (Wildman–Crippen LogP) is 0.365. The number of nitrogens with two attached hydrogens (primary N) is 1. The topological polar surface area (TPSA) is 80.7 Å². The Labute approximate surface area is 82.2 Å². The van der Waals surface area contributed by atoms with E-state index in [0.29, 0.717) is 18.6 Å². The van der Waals surface area contributed by atoms with Crippen LogP contribution in [0.3, 0.4) is 0 Å². The van der Waals surface area contributed by atoms with Crippen LogP contribution in [0, 0.1) is 0 Å². The van der Waals surface area contributed by atoms with Crippen LogP contribution in [0.1, 0.15) is 11.3 Å². The van der Waals surface area contributed by atoms with E-state index in [1.807, 2.05) is 0 Å². The first kappa shape index (κ1) is 10.5. The number of aromatic nitrogens is 1. The minimum Gasteiger partial charge on any atom is -0.409 e. The summed E-state index contributed by atoms with van der Waals surface area (Å²) in [5.41, 5.74) is 6.95. The first-order chi connectivity index (χ1) is 6.77. The number of oxime groups is 1. The van der Waals surface area contributed by atoms with Crippen molar-refractivity contribution in [2.24, 2.45) is 10.9 Å². The summed E-state index contributed by atoms with van der Waals surface area (Å²) in [6.07, 6.45) is 2.33. The lowest BCUT2D eigenvalue weighted by Crippen LogP contribution is -2.13. The quantitative estimate of drug-likeness (QED) is 0.315. The molecular weight excluding hydrogens is 182 g/mol. The Balaban J connectivity index is 2.79. The molecule has 0 saturated carbocycles. The highest BCUT2D eigenvalue weighted by molar-refractivity contribution is 5.96. The van der Waals surface area contributed by atoms with Gasteiger partial charge in [0.15, 0.2) is 5.84 Å². The van der Waals surface area contributed by atoms with Crippen molar-refractivity contribution >= 4 is 5.84 Å². The Morgan fingerprint density at radius 3 is 3.14 bits per heavy atom. The molecule has 0 fully saturated rings. The summed E-state index contributed by atoms with van der Waals surface area (Å²) >= 11 is 0. The third-order valence-corrected chi connectivity index (χ3v) is 1.78. The molecule has 0 aliphatic rings. The molecule has 0 radical (unpaired) electrons. The largest absolute Gasteiger partial charge is 0.409 e. The van der Waals surface area contributed by atoms with Crippen molar-refractivity contribution in [2.45, 2.75) is 6.42 Å². The highest BCUT2D eigenvalue weighted by atomic mass is 16.5. The van der Waals surface area contributed by atoms with Gasteiger partial charge in [-0.25, -0.2) is 0 Å². The van der Waals surface area contributed by atoms with Crippen LogP contribution in [-0.4, -0.2) is 29.7 Å². The van der Waals surface area contributed by atoms with Gasteiger partial charge < -0.3 is 15.7 Å². The van der Waals surface area contributed by atoms with Gasteiger partial charge in [0.05, 0.1) is 6.61 Å². The normalized spacial score (nSPS) is 11.6. The molecule has 1 aromatic heterocycles. The van der Waals surface area contributed by atoms with Gasteiger partial charge in [0.1, 0.15) is 0 Å². The molecular formula is C9H13N3O2. The number of hydrogen-bond donors (Lipinski definition) is 2. The van der Waals surface area contributed by atoms with Crippen LogP contribution in [0.4, 0.5) is 0 Å². The Bertz CT molecular complexity index is 326. The SMILES string of the molecule is COCCc1cc(C(N)=NO)ccn1. The van der Waals surface area contributed by atoms with E-state index in [1.165, 1.54) is 0 Å². The molecule has 0 atom stereocenters. The van der Waals surface area contributed by atoms with Gasteiger partial charge in [0, 0.05) is 31.0 Å². The summed E-state index contributed by atoms with van der Waals surface area (Å²) in [7, 11) is 1.63. The smallest absolute Gasteiger partial charge is 0.170 e. The van der Waals surface area contributed by atoms with Crippen LogP contribution in [-0.2, 0) is 11.2 Å². The second kappa shape index (κ2) is 5.18. The fourth-order valence-electron chi connectivity index (χ4n) is 1.04. The molecule has 1 aromatic rings. The Morgan fingerprint density at radius 1 is 1.71 bits per heavy atom. The van der Waals surface area contributed by atoms with Gasteiger partial charge >= 0.3 is 0 Å². The van der Waals surface area contributed by atoms with E-state index in [9.17, 15) is 0 Å². The van der Waals surface area contributed by atoms with Gasteiger partial charge in [-0.15, -0.1) is 0 Å². The number of amidine groups is 1. The van der Waals surface area contributed by atoms with Crippen LogP contribution >= 0.6 is 0 Å². The number of hydrogen-bond acceptors (Lipinski definition) is 4. The van der Waals surface area contributed by atoms with Gasteiger partial charge in [0.25, 0.3) is 0 Å². The van der Waals surface area contributed by atoms with Gasteiger partial charge in [-0.05, 0) is 12.1 Å². The first-order valence-corrected chi connectivity index (χ1v) is 4.19. The van der Waals surface area contributed by atoms with Gasteiger partial charge in [-0.3, -0.25) is 4.98 Å². The van der Waals surface area contributed by atoms with E-state index in [2.05, 4.69) is 10.1 Å². The van der Waals surface area contributed by atoms with Crippen LogP contribution in [0.15, 0.2) is 23.5 Å². The second-order valence-electron chi connectivity index (χ2n) is 2.76. The minimum absolute atomic E-state index is 0.0890. The van der Waals surface area contributed by atoms with Gasteiger partial charge in [-0.2, -0.15) is 0 Å². The number of nitrogens with zero attached hydrogens (tertiary/aromatic N) is 2. The maximum Gasteiger partial charge on any atom is 0.170 e. The van der Waals surface area contributed by atoms with E-state index in [-0.39, 0.29) is 5.84 Å². The maximum absolute atomic E-state index is 8.47. The van der Waals surface area contributed by atoms with Crippen molar-refractivity contribution in [1.82, 2.24) is 4.98 Å². The Kier molecular flexibility index (Phi) is 3.87. The lowest BCUT2D eigenvalue weighted by Gasteiger charge is -2.02. The fourth-order valence-corrected chi connectivity index (χ4v) is 1.04. The second-order valence-corrected chi connectivity index (χ2v) is 2.76. The first-order valence-electron chi connectivity index (χ1n) is 4.19. The van der Waals surface area contributed by atoms with Crippen LogP contribution in [0.25, 0.3) is 0 Å². The molecule has 14 heavy (non-hydrogen) atoms. The highest BCUT2D eigenvalue weighted by Gasteiger charge is 2.01. The monoisotopic (exact) mass is 195 g/mol. The summed E-state index contributed by atoms with van der Waals surface area (Å²) < 4.78 is 4.92. The van der Waals surface area contributed by atoms with Crippen molar-refractivity contribution in [3.8, 4) is 0 Å². The fraction of sp³-hybridized carbons (Fsp3) is 0.333. The van der Waals surface area contributed by atoms with E-state index in [0.717, 1.165) is 5.69 Å². The van der Waals surface area contributed by atoms with Crippen molar-refractivity contribution in [3.05, 3.63) is 29.6 Å². The number of rotatable bonds is 4. The van der Waals surface area contributed by atoms with Crippen molar-refractivity contribution < 1.29 is 9.94 Å². The molecule has 0 unspecified atom stereocenters. The molecule has 1 heterocycles. The summed E-state index contributed by atoms with van der Waals surface area (Å²) in [6.45, 7) is 0.604. The third kappa shape index (κ3) is 2.70. The van der Waals surface area contributed by atoms with Crippen molar-refractivity contribution in [1.29, 1.82) is 0 Å². The zero-order valence-corrected chi connectivity index (χ0v) is 7.97. The Hall–Kier alpha value is -1.62. The third-order valence-electron chi connectivity index (χ3n) is 1.78. The molecule has 0 aliphatic carbocycles. The Morgan fingerprint density at radius 2 is 2.50 bits per heavy atom. The molecule has 0 aliphatic heterocycles. The van der Waals surface area contributed by atoms with E-state index < -0.39 is 0 Å². The standard InChI is InChI=1S/C9H13N3O2/c1-14-5-3-8-6-7(2-4-11-8)9(10)12-13/h2,4,6,13H,3,5H2,1H3,(H2,10,12). The van der Waals surface area contributed by atoms with Crippen LogP contribution in [0.5, 0.6) is 0 Å². The number of methoxy groups -OCH3 is 1. The molecule has 0 bridgehead atoms. The number of pyridine rings is 1. The molecule has 0 saturated heterocycles. The number of ether oxygens (including phenoxy) is 1. The van der Waals surface area contributed by atoms with Gasteiger partial charge in [0.2, 0.25) is 0 Å². The maximum atomic E-state index is 8.47. The summed E-state index contributed by atoms with van der Waals surface area (Å²) in [4.78, 5) is 4.12. The summed E-state index contributed by atoms with van der Waals surface area (Å²) in [5, 5.41) is 11.4. The molecule has 1 rings (SSSR count). The molecule has 0 spiro atoms. The molecule has 5 nitrogen and oxygen atoms in total. The molecule has 3 N–H and O–H groups in total. The minimum atomic E-state index is 0.0890. The van der Waals surface area contributed by atoms with E-state index >= 15 is 0 Å². The van der Waals surface area contributed by atoms with Crippen molar-refractivity contribution in [3.63, 3.8) is 0 Å². The molecule has 5 heteroatoms. The van der Waals surface area contributed by atoms with E-state index in [1.54, 1.807) is 25.4 Å². The average Bonchev–Trinajstić information content (AvgIpc) is 2.25. The van der Waals surface area contributed by atoms with Crippen LogP contribution < -0.4 is 5.73 Å². The zero-order valence-electron chi connectivity index (χ0n) is 7.97. The molecule has 76 valence electrons. The van der Waals surface area contributed by atoms with Crippen LogP contribution in [0.2, 0.25) is 0 Å².